The van der Waals surface area contributed by atoms with Crippen molar-refractivity contribution in [1.82, 2.24) is 0 Å². The van der Waals surface area contributed by atoms with Gasteiger partial charge < -0.3 is 4.79 Å². The molecule has 0 fully saturated rings. The van der Waals surface area contributed by atoms with Crippen LogP contribution in [0.5, 0.6) is 0 Å². The van der Waals surface area contributed by atoms with Crippen LogP contribution < -0.4 is 0 Å². The SMILES string of the molecule is CC(C)(C)CC(C)(C)C(C)(C)C=O. The lowest BCUT2D eigenvalue weighted by Crippen LogP contribution is -2.37. The van der Waals surface area contributed by atoms with Gasteiger partial charge in [-0.15, -0.1) is 0 Å². The zero-order valence-corrected chi connectivity index (χ0v) is 10.2. The van der Waals surface area contributed by atoms with Gasteiger partial charge in [-0.2, -0.15) is 0 Å². The smallest absolute Gasteiger partial charge is 0.126 e. The Morgan fingerprint density at radius 2 is 1.31 bits per heavy atom. The van der Waals surface area contributed by atoms with Crippen LogP contribution in [0.25, 0.3) is 0 Å². The van der Waals surface area contributed by atoms with E-state index in [1.165, 1.54) is 0 Å². The van der Waals surface area contributed by atoms with Gasteiger partial charge >= 0.3 is 0 Å². The molecule has 13 heavy (non-hydrogen) atoms. The first-order chi connectivity index (χ1) is 5.52. The van der Waals surface area contributed by atoms with E-state index in [1.54, 1.807) is 0 Å². The minimum absolute atomic E-state index is 0.0625. The Bertz CT molecular complexity index is 182. The molecule has 1 nitrogen and oxygen atoms in total. The van der Waals surface area contributed by atoms with Gasteiger partial charge in [-0.1, -0.05) is 48.5 Å². The third-order valence-corrected chi connectivity index (χ3v) is 3.01. The Balaban J connectivity index is 4.67. The molecule has 0 radical (unpaired) electrons. The topological polar surface area (TPSA) is 17.1 Å². The number of hydrogen-bond donors (Lipinski definition) is 0. The van der Waals surface area contributed by atoms with Crippen LogP contribution in [0.3, 0.4) is 0 Å². The molecule has 0 N–H and O–H groups in total. The first kappa shape index (κ1) is 12.7. The largest absolute Gasteiger partial charge is 0.303 e. The summed E-state index contributed by atoms with van der Waals surface area (Å²) in [6.45, 7) is 15.0. The second kappa shape index (κ2) is 3.43. The summed E-state index contributed by atoms with van der Waals surface area (Å²) in [5.74, 6) is 0. The maximum absolute atomic E-state index is 11.0. The summed E-state index contributed by atoms with van der Waals surface area (Å²) in [4.78, 5) is 11.0. The number of rotatable bonds is 3. The summed E-state index contributed by atoms with van der Waals surface area (Å²) in [5.41, 5.74) is 0.108. The van der Waals surface area contributed by atoms with Crippen molar-refractivity contribution >= 4 is 6.29 Å². The Kier molecular flexibility index (Phi) is 3.35. The van der Waals surface area contributed by atoms with Crippen LogP contribution in [0.2, 0.25) is 0 Å². The van der Waals surface area contributed by atoms with Crippen LogP contribution in [0.15, 0.2) is 0 Å². The Hall–Kier alpha value is -0.330. The van der Waals surface area contributed by atoms with Gasteiger partial charge in [-0.3, -0.25) is 0 Å². The van der Waals surface area contributed by atoms with Crippen LogP contribution >= 0.6 is 0 Å². The molecule has 0 spiro atoms. The number of aldehydes is 1. The van der Waals surface area contributed by atoms with Gasteiger partial charge in [0.1, 0.15) is 6.29 Å². The van der Waals surface area contributed by atoms with Crippen LogP contribution in [0, 0.1) is 16.2 Å². The number of hydrogen-bond acceptors (Lipinski definition) is 1. The van der Waals surface area contributed by atoms with E-state index in [0.717, 1.165) is 12.7 Å². The summed E-state index contributed by atoms with van der Waals surface area (Å²) in [5, 5.41) is 0. The van der Waals surface area contributed by atoms with Crippen molar-refractivity contribution in [3.05, 3.63) is 0 Å². The monoisotopic (exact) mass is 184 g/mol. The molecule has 0 aliphatic heterocycles. The van der Waals surface area contributed by atoms with E-state index in [-0.39, 0.29) is 16.2 Å². The van der Waals surface area contributed by atoms with Crippen molar-refractivity contribution in [1.29, 1.82) is 0 Å². The van der Waals surface area contributed by atoms with Gasteiger partial charge in [0.05, 0.1) is 0 Å². The molecule has 0 heterocycles. The van der Waals surface area contributed by atoms with Crippen LogP contribution in [-0.2, 0) is 4.79 Å². The highest BCUT2D eigenvalue weighted by Crippen LogP contribution is 2.44. The lowest BCUT2D eigenvalue weighted by Gasteiger charge is -2.41. The molecule has 0 rings (SSSR count). The molecule has 0 atom stereocenters. The molecule has 0 saturated heterocycles. The lowest BCUT2D eigenvalue weighted by molar-refractivity contribution is -0.121. The third kappa shape index (κ3) is 3.50. The normalized spacial score (nSPS) is 14.4. The molecular formula is C12H24O. The predicted octanol–water partition coefficient (Wildman–Crippen LogP) is 3.67. The summed E-state index contributed by atoms with van der Waals surface area (Å²) in [6.07, 6.45) is 2.14. The standard InChI is InChI=1S/C12H24O/c1-10(2,3)8-11(4,5)12(6,7)9-13/h9H,8H2,1-7H3. The second-order valence-corrected chi connectivity index (χ2v) is 6.46. The Morgan fingerprint density at radius 1 is 0.923 bits per heavy atom. The van der Waals surface area contributed by atoms with Crippen molar-refractivity contribution in [2.75, 3.05) is 0 Å². The molecule has 0 aliphatic carbocycles. The van der Waals surface area contributed by atoms with E-state index in [2.05, 4.69) is 34.6 Å². The lowest BCUT2D eigenvalue weighted by atomic mass is 9.62. The molecule has 78 valence electrons. The molecule has 0 bridgehead atoms. The van der Waals surface area contributed by atoms with Crippen LogP contribution in [-0.4, -0.2) is 6.29 Å². The van der Waals surface area contributed by atoms with Gasteiger partial charge in [-0.05, 0) is 17.3 Å². The quantitative estimate of drug-likeness (QED) is 0.612. The summed E-state index contributed by atoms with van der Waals surface area (Å²) in [7, 11) is 0. The zero-order chi connectivity index (χ0) is 10.9. The van der Waals surface area contributed by atoms with E-state index in [1.807, 2.05) is 13.8 Å². The molecule has 0 saturated carbocycles. The fraction of sp³-hybridized carbons (Fsp3) is 0.917. The summed E-state index contributed by atoms with van der Waals surface area (Å²) < 4.78 is 0. The zero-order valence-electron chi connectivity index (χ0n) is 10.2. The summed E-state index contributed by atoms with van der Waals surface area (Å²) in [6, 6.07) is 0. The molecule has 0 aromatic rings. The van der Waals surface area contributed by atoms with E-state index in [4.69, 9.17) is 0 Å². The summed E-state index contributed by atoms with van der Waals surface area (Å²) >= 11 is 0. The van der Waals surface area contributed by atoms with Crippen molar-refractivity contribution in [2.24, 2.45) is 16.2 Å². The molecule has 0 aliphatic rings. The maximum Gasteiger partial charge on any atom is 0.126 e. The van der Waals surface area contributed by atoms with Crippen molar-refractivity contribution in [3.8, 4) is 0 Å². The first-order valence-corrected chi connectivity index (χ1v) is 4.98. The average molecular weight is 184 g/mol. The highest BCUT2D eigenvalue weighted by Gasteiger charge is 2.39. The van der Waals surface area contributed by atoms with Gasteiger partial charge in [0, 0.05) is 5.41 Å². The second-order valence-electron chi connectivity index (χ2n) is 6.46. The van der Waals surface area contributed by atoms with Crippen molar-refractivity contribution < 1.29 is 4.79 Å². The Morgan fingerprint density at radius 3 is 1.54 bits per heavy atom. The van der Waals surface area contributed by atoms with E-state index in [0.29, 0.717) is 0 Å². The predicted molar refractivity (Wildman–Crippen MR) is 57.7 cm³/mol. The minimum atomic E-state index is -0.236. The number of carbonyl (C=O) groups excluding carboxylic acids is 1. The van der Waals surface area contributed by atoms with E-state index >= 15 is 0 Å². The van der Waals surface area contributed by atoms with Gasteiger partial charge in [-0.25, -0.2) is 0 Å². The van der Waals surface area contributed by atoms with E-state index in [9.17, 15) is 4.79 Å². The maximum atomic E-state index is 11.0. The van der Waals surface area contributed by atoms with Gasteiger partial charge in [0.2, 0.25) is 0 Å². The van der Waals surface area contributed by atoms with Gasteiger partial charge in [0.15, 0.2) is 0 Å². The molecule has 1 heteroatoms. The molecule has 0 amide bonds. The highest BCUT2D eigenvalue weighted by molar-refractivity contribution is 5.59. The first-order valence-electron chi connectivity index (χ1n) is 4.98. The van der Waals surface area contributed by atoms with Crippen molar-refractivity contribution in [2.45, 2.75) is 54.9 Å². The van der Waals surface area contributed by atoms with E-state index < -0.39 is 0 Å². The number of carbonyl (C=O) groups is 1. The minimum Gasteiger partial charge on any atom is -0.303 e. The molecular weight excluding hydrogens is 160 g/mol. The van der Waals surface area contributed by atoms with Crippen LogP contribution in [0.1, 0.15) is 54.9 Å². The Labute approximate surface area is 82.9 Å². The van der Waals surface area contributed by atoms with Crippen LogP contribution in [0.4, 0.5) is 0 Å². The molecule has 0 unspecified atom stereocenters. The highest BCUT2D eigenvalue weighted by atomic mass is 16.1. The van der Waals surface area contributed by atoms with Gasteiger partial charge in [0.25, 0.3) is 0 Å². The third-order valence-electron chi connectivity index (χ3n) is 3.01. The fourth-order valence-corrected chi connectivity index (χ4v) is 1.71. The fourth-order valence-electron chi connectivity index (χ4n) is 1.71. The molecule has 0 aromatic carbocycles. The van der Waals surface area contributed by atoms with Crippen molar-refractivity contribution in [3.63, 3.8) is 0 Å². The average Bonchev–Trinajstić information content (AvgIpc) is 1.81. The molecule has 0 aromatic heterocycles.